The van der Waals surface area contributed by atoms with Gasteiger partial charge in [-0.15, -0.1) is 0 Å². The van der Waals surface area contributed by atoms with Crippen LogP contribution in [0.3, 0.4) is 0 Å². The van der Waals surface area contributed by atoms with E-state index in [4.69, 9.17) is 22.1 Å². The van der Waals surface area contributed by atoms with E-state index in [1.807, 2.05) is 0 Å². The van der Waals surface area contributed by atoms with Crippen molar-refractivity contribution in [3.05, 3.63) is 40.4 Å². The molecule has 3 heteroatoms. The van der Waals surface area contributed by atoms with E-state index < -0.39 is 0 Å². The predicted molar refractivity (Wildman–Crippen MR) is 44.8 cm³/mol. The molecule has 1 aliphatic carbocycles. The molecule has 0 radical (unpaired) electrons. The topological polar surface area (TPSA) is 35.2 Å². The van der Waals surface area contributed by atoms with Gasteiger partial charge in [0.2, 0.25) is 0 Å². The Bertz CT molecular complexity index is 282. The summed E-state index contributed by atoms with van der Waals surface area (Å²) in [5, 5.41) is 0.583. The number of hydrogen-bond donors (Lipinski definition) is 1. The lowest BCUT2D eigenvalue weighted by molar-refractivity contribution is 0.300. The Morgan fingerprint density at radius 1 is 1.55 bits per heavy atom. The van der Waals surface area contributed by atoms with Crippen LogP contribution < -0.4 is 5.73 Å². The second-order valence-corrected chi connectivity index (χ2v) is 2.43. The maximum Gasteiger partial charge on any atom is 0.149 e. The minimum atomic E-state index is 0.458. The summed E-state index contributed by atoms with van der Waals surface area (Å²) in [5.41, 5.74) is 8.77. The fraction of sp³-hybridized carbons (Fsp3) is 0.125. The van der Waals surface area contributed by atoms with Gasteiger partial charge in [-0.1, -0.05) is 17.3 Å². The van der Waals surface area contributed by atoms with E-state index in [1.165, 1.54) is 0 Å². The summed E-state index contributed by atoms with van der Waals surface area (Å²) in [4.78, 5) is 0. The van der Waals surface area contributed by atoms with Crippen LogP contribution >= 0.6 is 11.6 Å². The van der Waals surface area contributed by atoms with Crippen LogP contribution in [0.5, 0.6) is 0 Å². The van der Waals surface area contributed by atoms with E-state index in [0.717, 1.165) is 0 Å². The van der Waals surface area contributed by atoms with Gasteiger partial charge in [0.1, 0.15) is 11.5 Å². The number of rotatable bonds is 1. The second-order valence-electron chi connectivity index (χ2n) is 1.99. The quantitative estimate of drug-likeness (QED) is 0.606. The summed E-state index contributed by atoms with van der Waals surface area (Å²) < 4.78 is 4.95. The van der Waals surface area contributed by atoms with Crippen molar-refractivity contribution in [2.24, 2.45) is 5.73 Å². The first kappa shape index (κ1) is 7.99. The first-order chi connectivity index (χ1) is 5.24. The monoisotopic (exact) mass is 169 g/mol. The Labute approximate surface area is 70.3 Å². The van der Waals surface area contributed by atoms with Gasteiger partial charge in [-0.3, -0.25) is 0 Å². The molecule has 0 amide bonds. The lowest BCUT2D eigenvalue weighted by Crippen LogP contribution is -2.00. The summed E-state index contributed by atoms with van der Waals surface area (Å²) in [7, 11) is 1.55. The lowest BCUT2D eigenvalue weighted by atomic mass is 10.4. The van der Waals surface area contributed by atoms with Crippen LogP contribution in [0.25, 0.3) is 0 Å². The van der Waals surface area contributed by atoms with Crippen molar-refractivity contribution >= 4 is 11.6 Å². The van der Waals surface area contributed by atoms with Gasteiger partial charge in [-0.2, -0.15) is 0 Å². The van der Waals surface area contributed by atoms with Crippen LogP contribution in [-0.4, -0.2) is 7.11 Å². The highest BCUT2D eigenvalue weighted by Gasteiger charge is 1.99. The van der Waals surface area contributed by atoms with Gasteiger partial charge in [-0.05, 0) is 12.2 Å². The third-order valence-corrected chi connectivity index (χ3v) is 1.48. The van der Waals surface area contributed by atoms with Gasteiger partial charge in [0.15, 0.2) is 0 Å². The van der Waals surface area contributed by atoms with Crippen LogP contribution in [0.2, 0.25) is 0 Å². The molecule has 0 aromatic rings. The van der Waals surface area contributed by atoms with Gasteiger partial charge in [0.25, 0.3) is 0 Å². The van der Waals surface area contributed by atoms with Crippen molar-refractivity contribution in [3.8, 4) is 0 Å². The summed E-state index contributed by atoms with van der Waals surface area (Å²) in [6, 6.07) is 0. The molecule has 0 saturated heterocycles. The minimum absolute atomic E-state index is 0.458. The summed E-state index contributed by atoms with van der Waals surface area (Å²) in [5.74, 6) is 0.580. The average molecular weight is 170 g/mol. The molecule has 0 aromatic carbocycles. The normalized spacial score (nSPS) is 16.4. The highest BCUT2D eigenvalue weighted by atomic mass is 35.5. The van der Waals surface area contributed by atoms with Gasteiger partial charge < -0.3 is 10.5 Å². The SMILES string of the molecule is COC1=CC=C(Cl)C=C=C1N. The van der Waals surface area contributed by atoms with E-state index in [2.05, 4.69) is 5.73 Å². The molecule has 0 aromatic heterocycles. The molecule has 1 aliphatic rings. The van der Waals surface area contributed by atoms with Gasteiger partial charge in [0, 0.05) is 11.1 Å². The Morgan fingerprint density at radius 2 is 2.27 bits per heavy atom. The van der Waals surface area contributed by atoms with Crippen LogP contribution in [0.1, 0.15) is 0 Å². The molecule has 0 spiro atoms. The molecule has 58 valence electrons. The number of ether oxygens (including phenoxy) is 1. The number of allylic oxidation sites excluding steroid dienone is 3. The number of methoxy groups -OCH3 is 1. The van der Waals surface area contributed by atoms with E-state index in [9.17, 15) is 0 Å². The standard InChI is InChI=1S/C8H8ClNO/c1-11-8-5-3-6(9)2-4-7(8)10/h2-3,5H,10H2,1H3. The predicted octanol–water partition coefficient (Wildman–Crippen LogP) is 1.65. The average Bonchev–Trinajstić information content (AvgIpc) is 2.15. The Morgan fingerprint density at radius 3 is 2.91 bits per heavy atom. The molecular formula is C8H8ClNO. The molecule has 0 heterocycles. The van der Waals surface area contributed by atoms with Crippen molar-refractivity contribution in [2.75, 3.05) is 7.11 Å². The van der Waals surface area contributed by atoms with Gasteiger partial charge in [0.05, 0.1) is 7.11 Å². The Kier molecular flexibility index (Phi) is 2.42. The molecule has 0 unspecified atom stereocenters. The van der Waals surface area contributed by atoms with Crippen LogP contribution in [0.15, 0.2) is 40.4 Å². The zero-order valence-electron chi connectivity index (χ0n) is 6.10. The fourth-order valence-corrected chi connectivity index (χ4v) is 0.807. The molecule has 11 heavy (non-hydrogen) atoms. The molecule has 0 atom stereocenters. The molecule has 2 nitrogen and oxygen atoms in total. The molecule has 1 rings (SSSR count). The molecule has 0 bridgehead atoms. The Balaban J connectivity index is 3.06. The minimum Gasteiger partial charge on any atom is -0.494 e. The highest BCUT2D eigenvalue weighted by molar-refractivity contribution is 6.31. The summed E-state index contributed by atoms with van der Waals surface area (Å²) in [6.07, 6.45) is 5.00. The number of hydrogen-bond acceptors (Lipinski definition) is 2. The molecule has 2 N–H and O–H groups in total. The highest BCUT2D eigenvalue weighted by Crippen LogP contribution is 2.11. The maximum atomic E-state index is 5.68. The third kappa shape index (κ3) is 1.90. The number of nitrogens with two attached hydrogens (primary N) is 1. The van der Waals surface area contributed by atoms with E-state index in [1.54, 1.807) is 25.3 Å². The van der Waals surface area contributed by atoms with E-state index in [0.29, 0.717) is 16.5 Å². The van der Waals surface area contributed by atoms with Crippen molar-refractivity contribution in [3.63, 3.8) is 0 Å². The molecular weight excluding hydrogens is 162 g/mol. The largest absolute Gasteiger partial charge is 0.494 e. The zero-order chi connectivity index (χ0) is 8.27. The molecule has 0 aliphatic heterocycles. The van der Waals surface area contributed by atoms with Crippen LogP contribution in [0.4, 0.5) is 0 Å². The summed E-state index contributed by atoms with van der Waals surface area (Å²) >= 11 is 5.68. The van der Waals surface area contributed by atoms with Gasteiger partial charge >= 0.3 is 0 Å². The molecule has 0 saturated carbocycles. The van der Waals surface area contributed by atoms with Crippen LogP contribution in [-0.2, 0) is 4.74 Å². The van der Waals surface area contributed by atoms with E-state index >= 15 is 0 Å². The lowest BCUT2D eigenvalue weighted by Gasteiger charge is -2.00. The molecule has 0 fully saturated rings. The number of halogens is 1. The first-order valence-electron chi connectivity index (χ1n) is 3.08. The third-order valence-electron chi connectivity index (χ3n) is 1.24. The smallest absolute Gasteiger partial charge is 0.149 e. The van der Waals surface area contributed by atoms with Crippen molar-refractivity contribution in [1.82, 2.24) is 0 Å². The Hall–Kier alpha value is -1.11. The fourth-order valence-electron chi connectivity index (χ4n) is 0.689. The van der Waals surface area contributed by atoms with Crippen LogP contribution in [0, 0.1) is 0 Å². The van der Waals surface area contributed by atoms with Crippen molar-refractivity contribution in [2.45, 2.75) is 0 Å². The van der Waals surface area contributed by atoms with Crippen molar-refractivity contribution in [1.29, 1.82) is 0 Å². The zero-order valence-corrected chi connectivity index (χ0v) is 6.85. The first-order valence-corrected chi connectivity index (χ1v) is 3.46. The summed E-state index contributed by atoms with van der Waals surface area (Å²) in [6.45, 7) is 0. The van der Waals surface area contributed by atoms with Crippen molar-refractivity contribution < 1.29 is 4.74 Å². The van der Waals surface area contributed by atoms with Gasteiger partial charge in [-0.25, -0.2) is 0 Å². The van der Waals surface area contributed by atoms with E-state index in [-0.39, 0.29) is 0 Å². The maximum absolute atomic E-state index is 5.68. The second kappa shape index (κ2) is 3.33.